The standard InChI is InChI=1S/C14H18O5/c1-4-17-13(16)12(15)9-5-6-11-10(7-9)8-18-14(2,3)19-11/h5-7,12,15H,4,8H2,1-3H3. The largest absolute Gasteiger partial charge is 0.464 e. The van der Waals surface area contributed by atoms with Crippen molar-refractivity contribution in [2.45, 2.75) is 39.3 Å². The fraction of sp³-hybridized carbons (Fsp3) is 0.500. The Morgan fingerprint density at radius 1 is 1.53 bits per heavy atom. The highest BCUT2D eigenvalue weighted by Crippen LogP contribution is 2.33. The zero-order valence-electron chi connectivity index (χ0n) is 11.3. The maximum Gasteiger partial charge on any atom is 0.339 e. The van der Waals surface area contributed by atoms with E-state index in [9.17, 15) is 9.90 Å². The van der Waals surface area contributed by atoms with E-state index in [2.05, 4.69) is 0 Å². The summed E-state index contributed by atoms with van der Waals surface area (Å²) in [5.41, 5.74) is 1.28. The first-order valence-electron chi connectivity index (χ1n) is 6.23. The first-order chi connectivity index (χ1) is 8.93. The number of hydrogen-bond donors (Lipinski definition) is 1. The molecule has 1 atom stereocenters. The van der Waals surface area contributed by atoms with Gasteiger partial charge < -0.3 is 19.3 Å². The average molecular weight is 266 g/mol. The highest BCUT2D eigenvalue weighted by molar-refractivity contribution is 5.76. The van der Waals surface area contributed by atoms with Crippen LogP contribution in [0.3, 0.4) is 0 Å². The van der Waals surface area contributed by atoms with Gasteiger partial charge in [0.15, 0.2) is 6.10 Å². The number of aliphatic hydroxyl groups is 1. The van der Waals surface area contributed by atoms with E-state index in [1.54, 1.807) is 25.1 Å². The molecular formula is C14H18O5. The number of rotatable bonds is 3. The summed E-state index contributed by atoms with van der Waals surface area (Å²) in [5.74, 6) is -0.606. The Kier molecular flexibility index (Phi) is 3.78. The van der Waals surface area contributed by atoms with Gasteiger partial charge in [0.05, 0.1) is 13.2 Å². The van der Waals surface area contributed by atoms with Crippen LogP contribution in [0.25, 0.3) is 0 Å². The van der Waals surface area contributed by atoms with Crippen LogP contribution >= 0.6 is 0 Å². The smallest absolute Gasteiger partial charge is 0.339 e. The number of fused-ring (bicyclic) bond motifs is 1. The molecule has 0 amide bonds. The second kappa shape index (κ2) is 5.19. The Morgan fingerprint density at radius 3 is 2.95 bits per heavy atom. The Hall–Kier alpha value is -1.59. The van der Waals surface area contributed by atoms with Gasteiger partial charge in [-0.1, -0.05) is 6.07 Å². The lowest BCUT2D eigenvalue weighted by Gasteiger charge is -2.32. The average Bonchev–Trinajstić information content (AvgIpc) is 2.36. The van der Waals surface area contributed by atoms with Gasteiger partial charge in [-0.25, -0.2) is 4.79 Å². The van der Waals surface area contributed by atoms with Crippen LogP contribution in [0.1, 0.15) is 38.0 Å². The molecule has 0 spiro atoms. The third kappa shape index (κ3) is 3.05. The van der Waals surface area contributed by atoms with Gasteiger partial charge in [-0.15, -0.1) is 0 Å². The summed E-state index contributed by atoms with van der Waals surface area (Å²) in [6, 6.07) is 5.09. The first-order valence-corrected chi connectivity index (χ1v) is 6.23. The fourth-order valence-electron chi connectivity index (χ4n) is 1.88. The van der Waals surface area contributed by atoms with Crippen LogP contribution < -0.4 is 4.74 Å². The highest BCUT2D eigenvalue weighted by Gasteiger charge is 2.28. The summed E-state index contributed by atoms with van der Waals surface area (Å²) >= 11 is 0. The molecule has 19 heavy (non-hydrogen) atoms. The van der Waals surface area contributed by atoms with Gasteiger partial charge in [0, 0.05) is 19.4 Å². The maximum atomic E-state index is 11.5. The van der Waals surface area contributed by atoms with E-state index in [1.807, 2.05) is 13.8 Å². The topological polar surface area (TPSA) is 65.0 Å². The van der Waals surface area contributed by atoms with E-state index in [-0.39, 0.29) is 6.61 Å². The number of aliphatic hydroxyl groups excluding tert-OH is 1. The molecule has 0 fully saturated rings. The van der Waals surface area contributed by atoms with Gasteiger partial charge >= 0.3 is 5.97 Å². The van der Waals surface area contributed by atoms with Crippen LogP contribution in [0, 0.1) is 0 Å². The molecule has 1 N–H and O–H groups in total. The van der Waals surface area contributed by atoms with Gasteiger partial charge in [0.2, 0.25) is 5.79 Å². The minimum absolute atomic E-state index is 0.237. The van der Waals surface area contributed by atoms with Gasteiger partial charge in [-0.05, 0) is 24.6 Å². The lowest BCUT2D eigenvalue weighted by molar-refractivity contribution is -0.180. The predicted molar refractivity (Wildman–Crippen MR) is 67.5 cm³/mol. The van der Waals surface area contributed by atoms with Crippen molar-refractivity contribution in [2.24, 2.45) is 0 Å². The fourth-order valence-corrected chi connectivity index (χ4v) is 1.88. The summed E-state index contributed by atoms with van der Waals surface area (Å²) in [6.07, 6.45) is -1.28. The van der Waals surface area contributed by atoms with Crippen LogP contribution in [0.5, 0.6) is 5.75 Å². The van der Waals surface area contributed by atoms with Gasteiger partial charge in [0.25, 0.3) is 0 Å². The van der Waals surface area contributed by atoms with Gasteiger partial charge in [0.1, 0.15) is 5.75 Å². The number of carbonyl (C=O) groups excluding carboxylic acids is 1. The molecular weight excluding hydrogens is 248 g/mol. The molecule has 2 rings (SSSR count). The Balaban J connectivity index is 2.20. The minimum atomic E-state index is -1.28. The zero-order valence-corrected chi connectivity index (χ0v) is 11.3. The number of carbonyl (C=O) groups is 1. The molecule has 0 saturated heterocycles. The number of hydrogen-bond acceptors (Lipinski definition) is 5. The molecule has 0 radical (unpaired) electrons. The van der Waals surface area contributed by atoms with Crippen LogP contribution in [0.2, 0.25) is 0 Å². The van der Waals surface area contributed by atoms with Crippen molar-refractivity contribution in [2.75, 3.05) is 6.61 Å². The monoisotopic (exact) mass is 266 g/mol. The van der Waals surface area contributed by atoms with Gasteiger partial charge in [-0.2, -0.15) is 0 Å². The van der Waals surface area contributed by atoms with Crippen LogP contribution in [0.4, 0.5) is 0 Å². The third-order valence-electron chi connectivity index (χ3n) is 2.84. The quantitative estimate of drug-likeness (QED) is 0.847. The minimum Gasteiger partial charge on any atom is -0.464 e. The highest BCUT2D eigenvalue weighted by atomic mass is 16.7. The molecule has 5 nitrogen and oxygen atoms in total. The van der Waals surface area contributed by atoms with Crippen molar-refractivity contribution < 1.29 is 24.1 Å². The second-order valence-corrected chi connectivity index (χ2v) is 4.81. The van der Waals surface area contributed by atoms with E-state index < -0.39 is 17.9 Å². The maximum absolute atomic E-state index is 11.5. The van der Waals surface area contributed by atoms with Gasteiger partial charge in [-0.3, -0.25) is 0 Å². The summed E-state index contributed by atoms with van der Waals surface area (Å²) in [7, 11) is 0. The second-order valence-electron chi connectivity index (χ2n) is 4.81. The van der Waals surface area contributed by atoms with E-state index in [0.717, 1.165) is 5.56 Å². The Morgan fingerprint density at radius 2 is 2.26 bits per heavy atom. The predicted octanol–water partition coefficient (Wildman–Crippen LogP) is 1.93. The Bertz CT molecular complexity index is 481. The number of esters is 1. The van der Waals surface area contributed by atoms with Crippen LogP contribution in [-0.4, -0.2) is 23.5 Å². The Labute approximate surface area is 112 Å². The first kappa shape index (κ1) is 13.8. The van der Waals surface area contributed by atoms with Crippen molar-refractivity contribution in [1.82, 2.24) is 0 Å². The van der Waals surface area contributed by atoms with E-state index in [4.69, 9.17) is 14.2 Å². The van der Waals surface area contributed by atoms with Crippen LogP contribution in [-0.2, 0) is 20.9 Å². The third-order valence-corrected chi connectivity index (χ3v) is 2.84. The normalized spacial score (nSPS) is 18.1. The molecule has 104 valence electrons. The molecule has 1 unspecified atom stereocenters. The van der Waals surface area contributed by atoms with Crippen molar-refractivity contribution in [1.29, 1.82) is 0 Å². The van der Waals surface area contributed by atoms with Crippen molar-refractivity contribution in [3.8, 4) is 5.75 Å². The zero-order chi connectivity index (χ0) is 14.0. The summed E-state index contributed by atoms with van der Waals surface area (Å²) in [4.78, 5) is 11.5. The molecule has 1 heterocycles. The van der Waals surface area contributed by atoms with Crippen LogP contribution in [0.15, 0.2) is 18.2 Å². The molecule has 0 aliphatic carbocycles. The van der Waals surface area contributed by atoms with E-state index in [1.165, 1.54) is 0 Å². The summed E-state index contributed by atoms with van der Waals surface area (Å²) in [6.45, 7) is 5.98. The van der Waals surface area contributed by atoms with E-state index >= 15 is 0 Å². The van der Waals surface area contributed by atoms with Crippen molar-refractivity contribution >= 4 is 5.97 Å². The number of ether oxygens (including phenoxy) is 3. The molecule has 5 heteroatoms. The van der Waals surface area contributed by atoms with Crippen molar-refractivity contribution in [3.05, 3.63) is 29.3 Å². The molecule has 1 aromatic carbocycles. The SMILES string of the molecule is CCOC(=O)C(O)c1ccc2c(c1)COC(C)(C)O2. The molecule has 0 bridgehead atoms. The van der Waals surface area contributed by atoms with E-state index in [0.29, 0.717) is 17.9 Å². The summed E-state index contributed by atoms with van der Waals surface area (Å²) in [5, 5.41) is 9.87. The molecule has 1 aliphatic rings. The molecule has 0 saturated carbocycles. The summed E-state index contributed by atoms with van der Waals surface area (Å²) < 4.78 is 15.9. The number of benzene rings is 1. The van der Waals surface area contributed by atoms with Crippen molar-refractivity contribution in [3.63, 3.8) is 0 Å². The lowest BCUT2D eigenvalue weighted by Crippen LogP contribution is -2.35. The molecule has 1 aromatic rings. The lowest BCUT2D eigenvalue weighted by atomic mass is 10.0. The molecule has 0 aromatic heterocycles. The molecule has 1 aliphatic heterocycles.